The molecule has 1 rings (SSSR count). The second kappa shape index (κ2) is 5.50. The minimum atomic E-state index is -4.19. The van der Waals surface area contributed by atoms with Gasteiger partial charge in [0.2, 0.25) is 5.95 Å². The molecule has 1 aromatic rings. The fraction of sp³-hybridized carbons (Fsp3) is 0.500. The molecular formula is C8H11BrF3N5. The predicted molar refractivity (Wildman–Crippen MR) is 61.5 cm³/mol. The summed E-state index contributed by atoms with van der Waals surface area (Å²) in [6.45, 7) is -0.191. The van der Waals surface area contributed by atoms with Crippen LogP contribution in [0.1, 0.15) is 6.42 Å². The molecule has 0 atom stereocenters. The van der Waals surface area contributed by atoms with Crippen molar-refractivity contribution in [1.82, 2.24) is 9.97 Å². The summed E-state index contributed by atoms with van der Waals surface area (Å²) in [5.74, 6) is 5.61. The number of nitrogens with zero attached hydrogens (tertiary/aromatic N) is 3. The number of hydrazine groups is 1. The molecule has 0 aliphatic carbocycles. The van der Waals surface area contributed by atoms with Crippen molar-refractivity contribution < 1.29 is 13.2 Å². The maximum absolute atomic E-state index is 12.1. The van der Waals surface area contributed by atoms with Crippen molar-refractivity contribution >= 4 is 27.7 Å². The molecule has 0 radical (unpaired) electrons. The van der Waals surface area contributed by atoms with Gasteiger partial charge in [-0.1, -0.05) is 0 Å². The molecule has 17 heavy (non-hydrogen) atoms. The molecule has 0 saturated heterocycles. The van der Waals surface area contributed by atoms with Gasteiger partial charge in [0.25, 0.3) is 0 Å². The average Bonchev–Trinajstić information content (AvgIpc) is 2.25. The summed E-state index contributed by atoms with van der Waals surface area (Å²) < 4.78 is 36.7. The van der Waals surface area contributed by atoms with E-state index in [1.165, 1.54) is 18.1 Å². The lowest BCUT2D eigenvalue weighted by atomic mass is 10.4. The van der Waals surface area contributed by atoms with Gasteiger partial charge in [-0.3, -0.25) is 5.43 Å². The number of hydrogen-bond acceptors (Lipinski definition) is 5. The van der Waals surface area contributed by atoms with Gasteiger partial charge >= 0.3 is 6.18 Å². The van der Waals surface area contributed by atoms with Gasteiger partial charge in [-0.05, 0) is 15.9 Å². The first-order chi connectivity index (χ1) is 7.83. The Kier molecular flexibility index (Phi) is 4.52. The van der Waals surface area contributed by atoms with Crippen LogP contribution in [0.2, 0.25) is 0 Å². The number of aromatic nitrogens is 2. The zero-order chi connectivity index (χ0) is 13.1. The topological polar surface area (TPSA) is 67.1 Å². The number of nitrogens with one attached hydrogen (secondary N) is 1. The molecule has 1 heterocycles. The van der Waals surface area contributed by atoms with Gasteiger partial charge in [0.15, 0.2) is 0 Å². The van der Waals surface area contributed by atoms with E-state index in [1.54, 1.807) is 0 Å². The molecule has 0 bridgehead atoms. The molecule has 0 aliphatic heterocycles. The van der Waals surface area contributed by atoms with Crippen molar-refractivity contribution in [3.63, 3.8) is 0 Å². The van der Waals surface area contributed by atoms with Crippen molar-refractivity contribution in [3.8, 4) is 0 Å². The Morgan fingerprint density at radius 2 is 2.18 bits per heavy atom. The second-order valence-corrected chi connectivity index (χ2v) is 4.15. The Labute approximate surface area is 104 Å². The van der Waals surface area contributed by atoms with Crippen LogP contribution in [0, 0.1) is 0 Å². The Hall–Kier alpha value is -1.09. The lowest BCUT2D eigenvalue weighted by Crippen LogP contribution is -2.25. The standard InChI is InChI=1S/C8H11BrF3N5/c1-17(3-2-8(10,11)12)6-5(9)4-14-7(15-6)16-13/h4H,2-3,13H2,1H3,(H,14,15,16). The highest BCUT2D eigenvalue weighted by molar-refractivity contribution is 9.10. The van der Waals surface area contributed by atoms with Crippen LogP contribution in [0.4, 0.5) is 24.9 Å². The van der Waals surface area contributed by atoms with E-state index in [4.69, 9.17) is 5.84 Å². The monoisotopic (exact) mass is 313 g/mol. The first-order valence-corrected chi connectivity index (χ1v) is 5.40. The van der Waals surface area contributed by atoms with Crippen molar-refractivity contribution in [2.24, 2.45) is 5.84 Å². The Balaban J connectivity index is 2.77. The van der Waals surface area contributed by atoms with Crippen LogP contribution in [0.3, 0.4) is 0 Å². The second-order valence-electron chi connectivity index (χ2n) is 3.30. The summed E-state index contributed by atoms with van der Waals surface area (Å²) in [7, 11) is 1.51. The minimum Gasteiger partial charge on any atom is -0.358 e. The Morgan fingerprint density at radius 3 is 2.71 bits per heavy atom. The van der Waals surface area contributed by atoms with E-state index in [0.29, 0.717) is 10.3 Å². The maximum atomic E-state index is 12.1. The average molecular weight is 314 g/mol. The summed E-state index contributed by atoms with van der Waals surface area (Å²) >= 11 is 3.16. The number of hydrogen-bond donors (Lipinski definition) is 2. The van der Waals surface area contributed by atoms with Crippen molar-refractivity contribution in [3.05, 3.63) is 10.7 Å². The predicted octanol–water partition coefficient (Wildman–Crippen LogP) is 1.91. The van der Waals surface area contributed by atoms with E-state index in [1.807, 2.05) is 0 Å². The van der Waals surface area contributed by atoms with Crippen molar-refractivity contribution in [2.75, 3.05) is 23.9 Å². The molecule has 0 aromatic carbocycles. The van der Waals surface area contributed by atoms with E-state index >= 15 is 0 Å². The van der Waals surface area contributed by atoms with Crippen LogP contribution in [-0.4, -0.2) is 29.7 Å². The minimum absolute atomic E-state index is 0.141. The van der Waals surface area contributed by atoms with Gasteiger partial charge < -0.3 is 4.90 Å². The SMILES string of the molecule is CN(CCC(F)(F)F)c1nc(NN)ncc1Br. The zero-order valence-electron chi connectivity index (χ0n) is 8.92. The molecule has 9 heteroatoms. The summed E-state index contributed by atoms with van der Waals surface area (Å²) in [4.78, 5) is 9.14. The van der Waals surface area contributed by atoms with Gasteiger partial charge in [-0.25, -0.2) is 10.8 Å². The van der Waals surface area contributed by atoms with E-state index in [-0.39, 0.29) is 12.5 Å². The number of nitrogen functional groups attached to an aromatic ring is 1. The molecule has 0 fully saturated rings. The highest BCUT2D eigenvalue weighted by atomic mass is 79.9. The quantitative estimate of drug-likeness (QED) is 0.656. The molecule has 0 spiro atoms. The molecule has 3 N–H and O–H groups in total. The van der Waals surface area contributed by atoms with Crippen molar-refractivity contribution in [1.29, 1.82) is 0 Å². The van der Waals surface area contributed by atoms with Gasteiger partial charge in [-0.2, -0.15) is 18.2 Å². The zero-order valence-corrected chi connectivity index (χ0v) is 10.5. The first-order valence-electron chi connectivity index (χ1n) is 4.60. The van der Waals surface area contributed by atoms with Gasteiger partial charge in [0, 0.05) is 19.8 Å². The van der Waals surface area contributed by atoms with Crippen LogP contribution >= 0.6 is 15.9 Å². The molecule has 0 amide bonds. The highest BCUT2D eigenvalue weighted by Crippen LogP contribution is 2.25. The molecule has 0 aliphatic rings. The number of halogens is 4. The smallest absolute Gasteiger partial charge is 0.358 e. The normalized spacial score (nSPS) is 11.4. The van der Waals surface area contributed by atoms with Crippen LogP contribution < -0.4 is 16.2 Å². The Morgan fingerprint density at radius 1 is 1.53 bits per heavy atom. The first kappa shape index (κ1) is 14.0. The number of alkyl halides is 3. The van der Waals surface area contributed by atoms with Crippen LogP contribution in [-0.2, 0) is 0 Å². The molecule has 1 aromatic heterocycles. The van der Waals surface area contributed by atoms with E-state index < -0.39 is 12.6 Å². The molecular weight excluding hydrogens is 303 g/mol. The van der Waals surface area contributed by atoms with Gasteiger partial charge in [0.1, 0.15) is 5.82 Å². The molecule has 96 valence electrons. The lowest BCUT2D eigenvalue weighted by Gasteiger charge is -2.20. The number of nitrogens with two attached hydrogens (primary N) is 1. The van der Waals surface area contributed by atoms with Crippen LogP contribution in [0.25, 0.3) is 0 Å². The summed E-state index contributed by atoms with van der Waals surface area (Å²) in [6, 6.07) is 0. The molecule has 0 unspecified atom stereocenters. The fourth-order valence-electron chi connectivity index (χ4n) is 1.10. The third-order valence-corrected chi connectivity index (χ3v) is 2.51. The van der Waals surface area contributed by atoms with Crippen molar-refractivity contribution in [2.45, 2.75) is 12.6 Å². The molecule has 5 nitrogen and oxygen atoms in total. The summed E-state index contributed by atoms with van der Waals surface area (Å²) in [5, 5.41) is 0. The summed E-state index contributed by atoms with van der Waals surface area (Å²) in [5.41, 5.74) is 2.23. The largest absolute Gasteiger partial charge is 0.390 e. The number of rotatable bonds is 4. The maximum Gasteiger partial charge on any atom is 0.390 e. The lowest BCUT2D eigenvalue weighted by molar-refractivity contribution is -0.132. The van der Waals surface area contributed by atoms with E-state index in [2.05, 4.69) is 31.3 Å². The highest BCUT2D eigenvalue weighted by Gasteiger charge is 2.27. The van der Waals surface area contributed by atoms with Gasteiger partial charge in [-0.15, -0.1) is 0 Å². The summed E-state index contributed by atoms with van der Waals surface area (Å²) in [6.07, 6.45) is -3.68. The van der Waals surface area contributed by atoms with Gasteiger partial charge in [0.05, 0.1) is 10.9 Å². The number of anilines is 2. The third-order valence-electron chi connectivity index (χ3n) is 1.95. The molecule has 0 saturated carbocycles. The van der Waals surface area contributed by atoms with Crippen LogP contribution in [0.5, 0.6) is 0 Å². The fourth-order valence-corrected chi connectivity index (χ4v) is 1.59. The van der Waals surface area contributed by atoms with Crippen LogP contribution in [0.15, 0.2) is 10.7 Å². The van der Waals surface area contributed by atoms with E-state index in [9.17, 15) is 13.2 Å². The van der Waals surface area contributed by atoms with E-state index in [0.717, 1.165) is 0 Å². The Bertz CT molecular complexity index is 384. The third kappa shape index (κ3) is 4.35.